The van der Waals surface area contributed by atoms with Gasteiger partial charge < -0.3 is 9.94 Å². The number of rotatable bonds is 2. The topological polar surface area (TPSA) is 41.8 Å². The van der Waals surface area contributed by atoms with Crippen LogP contribution in [0.3, 0.4) is 0 Å². The van der Waals surface area contributed by atoms with Crippen LogP contribution in [-0.2, 0) is 11.2 Å². The maximum Gasteiger partial charge on any atom is 0.229 e. The first-order chi connectivity index (χ1) is 5.86. The highest BCUT2D eigenvalue weighted by atomic mass is 16.5. The Labute approximate surface area is 71.3 Å². The van der Waals surface area contributed by atoms with E-state index < -0.39 is 0 Å². The summed E-state index contributed by atoms with van der Waals surface area (Å²) in [6.45, 7) is 0. The van der Waals surface area contributed by atoms with Crippen molar-refractivity contribution in [2.24, 2.45) is 5.16 Å². The Morgan fingerprint density at radius 3 is 2.58 bits per heavy atom. The van der Waals surface area contributed by atoms with Crippen LogP contribution in [0.15, 0.2) is 35.5 Å². The average Bonchev–Trinajstić information content (AvgIpc) is 2.16. The van der Waals surface area contributed by atoms with Crippen molar-refractivity contribution in [1.82, 2.24) is 0 Å². The summed E-state index contributed by atoms with van der Waals surface area (Å²) in [7, 11) is 1.48. The van der Waals surface area contributed by atoms with Crippen molar-refractivity contribution in [3.05, 3.63) is 35.9 Å². The average molecular weight is 165 g/mol. The minimum atomic E-state index is 0.321. The molecule has 3 heteroatoms. The fraction of sp³-hybridized carbons (Fsp3) is 0.222. The van der Waals surface area contributed by atoms with E-state index in [1.165, 1.54) is 7.11 Å². The standard InChI is InChI=1S/C9H11NO2/c1-12-9(10-11)7-8-5-3-2-4-6-8/h2-6,11H,7H2,1H3/b10-9-. The van der Waals surface area contributed by atoms with Gasteiger partial charge in [0.1, 0.15) is 0 Å². The van der Waals surface area contributed by atoms with Crippen molar-refractivity contribution >= 4 is 5.90 Å². The second-order valence-corrected chi connectivity index (χ2v) is 2.36. The molecule has 0 saturated heterocycles. The van der Waals surface area contributed by atoms with Crippen molar-refractivity contribution in [3.63, 3.8) is 0 Å². The predicted octanol–water partition coefficient (Wildman–Crippen LogP) is 1.66. The SMILES string of the molecule is CO/C(Cc1ccccc1)=N\O. The van der Waals surface area contributed by atoms with Crippen LogP contribution in [0.4, 0.5) is 0 Å². The third-order valence-electron chi connectivity index (χ3n) is 1.55. The molecule has 0 aliphatic heterocycles. The molecular weight excluding hydrogens is 154 g/mol. The number of benzene rings is 1. The van der Waals surface area contributed by atoms with Gasteiger partial charge in [-0.05, 0) is 5.56 Å². The zero-order valence-corrected chi connectivity index (χ0v) is 6.90. The molecule has 3 nitrogen and oxygen atoms in total. The van der Waals surface area contributed by atoms with Gasteiger partial charge in [-0.15, -0.1) is 0 Å². The summed E-state index contributed by atoms with van der Waals surface area (Å²) in [5, 5.41) is 11.4. The zero-order chi connectivity index (χ0) is 8.81. The second-order valence-electron chi connectivity index (χ2n) is 2.36. The molecule has 1 aromatic rings. The molecule has 1 rings (SSSR count). The molecule has 0 amide bonds. The third-order valence-corrected chi connectivity index (χ3v) is 1.55. The lowest BCUT2D eigenvalue weighted by atomic mass is 10.1. The molecule has 0 bridgehead atoms. The van der Waals surface area contributed by atoms with E-state index in [-0.39, 0.29) is 0 Å². The fourth-order valence-corrected chi connectivity index (χ4v) is 0.919. The lowest BCUT2D eigenvalue weighted by Gasteiger charge is -2.01. The Morgan fingerprint density at radius 2 is 2.08 bits per heavy atom. The summed E-state index contributed by atoms with van der Waals surface area (Å²) in [5.41, 5.74) is 1.06. The number of methoxy groups -OCH3 is 1. The summed E-state index contributed by atoms with van der Waals surface area (Å²) in [6, 6.07) is 9.69. The zero-order valence-electron chi connectivity index (χ0n) is 6.90. The molecule has 0 heterocycles. The van der Waals surface area contributed by atoms with Gasteiger partial charge in [0.15, 0.2) is 0 Å². The first-order valence-corrected chi connectivity index (χ1v) is 3.65. The van der Waals surface area contributed by atoms with Crippen molar-refractivity contribution in [2.75, 3.05) is 7.11 Å². The Morgan fingerprint density at radius 1 is 1.42 bits per heavy atom. The Bertz CT molecular complexity index is 256. The molecule has 0 aliphatic rings. The number of hydrogen-bond donors (Lipinski definition) is 1. The van der Waals surface area contributed by atoms with Crippen LogP contribution in [0.5, 0.6) is 0 Å². The van der Waals surface area contributed by atoms with E-state index in [1.807, 2.05) is 30.3 Å². The van der Waals surface area contributed by atoms with Crippen molar-refractivity contribution < 1.29 is 9.94 Å². The first kappa shape index (κ1) is 8.59. The van der Waals surface area contributed by atoms with Crippen molar-refractivity contribution in [2.45, 2.75) is 6.42 Å². The summed E-state index contributed by atoms with van der Waals surface area (Å²) < 4.78 is 4.80. The van der Waals surface area contributed by atoms with Gasteiger partial charge in [-0.25, -0.2) is 0 Å². The van der Waals surface area contributed by atoms with Gasteiger partial charge in [-0.1, -0.05) is 35.5 Å². The molecule has 12 heavy (non-hydrogen) atoms. The molecule has 0 aliphatic carbocycles. The highest BCUT2D eigenvalue weighted by Gasteiger charge is 1.99. The van der Waals surface area contributed by atoms with Crippen LogP contribution in [-0.4, -0.2) is 18.2 Å². The minimum Gasteiger partial charge on any atom is -0.482 e. The summed E-state index contributed by atoms with van der Waals surface area (Å²) in [5.74, 6) is 0.321. The van der Waals surface area contributed by atoms with Crippen LogP contribution in [0.1, 0.15) is 5.56 Å². The Kier molecular flexibility index (Phi) is 3.14. The molecule has 1 aromatic carbocycles. The highest BCUT2D eigenvalue weighted by Crippen LogP contribution is 2.00. The summed E-state index contributed by atoms with van der Waals surface area (Å²) >= 11 is 0. The van der Waals surface area contributed by atoms with Crippen molar-refractivity contribution in [3.8, 4) is 0 Å². The van der Waals surface area contributed by atoms with Gasteiger partial charge in [0.25, 0.3) is 0 Å². The van der Waals surface area contributed by atoms with Crippen molar-refractivity contribution in [1.29, 1.82) is 0 Å². The van der Waals surface area contributed by atoms with E-state index in [0.717, 1.165) is 5.56 Å². The van der Waals surface area contributed by atoms with E-state index in [1.54, 1.807) is 0 Å². The van der Waals surface area contributed by atoms with Crippen LogP contribution < -0.4 is 0 Å². The molecule has 0 radical (unpaired) electrons. The molecule has 0 aromatic heterocycles. The van der Waals surface area contributed by atoms with E-state index in [4.69, 9.17) is 9.94 Å². The maximum absolute atomic E-state index is 8.45. The molecule has 0 unspecified atom stereocenters. The molecule has 64 valence electrons. The van der Waals surface area contributed by atoms with E-state index in [0.29, 0.717) is 12.3 Å². The van der Waals surface area contributed by atoms with E-state index in [2.05, 4.69) is 5.16 Å². The van der Waals surface area contributed by atoms with Gasteiger partial charge in [-0.3, -0.25) is 0 Å². The highest BCUT2D eigenvalue weighted by molar-refractivity contribution is 5.77. The van der Waals surface area contributed by atoms with E-state index >= 15 is 0 Å². The van der Waals surface area contributed by atoms with Gasteiger partial charge >= 0.3 is 0 Å². The summed E-state index contributed by atoms with van der Waals surface area (Å²) in [4.78, 5) is 0. The van der Waals surface area contributed by atoms with Gasteiger partial charge in [0.05, 0.1) is 13.5 Å². The quantitative estimate of drug-likeness (QED) is 0.313. The molecule has 1 N–H and O–H groups in total. The predicted molar refractivity (Wildman–Crippen MR) is 46.4 cm³/mol. The lowest BCUT2D eigenvalue weighted by molar-refractivity contribution is 0.282. The second kappa shape index (κ2) is 4.38. The Hall–Kier alpha value is -1.51. The molecule has 0 fully saturated rings. The number of hydrogen-bond acceptors (Lipinski definition) is 3. The normalized spacial score (nSPS) is 11.2. The molecule has 0 spiro atoms. The van der Waals surface area contributed by atoms with Crippen LogP contribution in [0.2, 0.25) is 0 Å². The minimum absolute atomic E-state index is 0.321. The van der Waals surface area contributed by atoms with Crippen LogP contribution in [0.25, 0.3) is 0 Å². The maximum atomic E-state index is 8.45. The van der Waals surface area contributed by atoms with Crippen LogP contribution in [0, 0.1) is 0 Å². The molecular formula is C9H11NO2. The monoisotopic (exact) mass is 165 g/mol. The first-order valence-electron chi connectivity index (χ1n) is 3.65. The van der Waals surface area contributed by atoms with E-state index in [9.17, 15) is 0 Å². The molecule has 0 atom stereocenters. The lowest BCUT2D eigenvalue weighted by Crippen LogP contribution is -2.05. The van der Waals surface area contributed by atoms with Gasteiger partial charge in [-0.2, -0.15) is 0 Å². The summed E-state index contributed by atoms with van der Waals surface area (Å²) in [6.07, 6.45) is 0.522. The third kappa shape index (κ3) is 2.27. The largest absolute Gasteiger partial charge is 0.482 e. The van der Waals surface area contributed by atoms with Crippen LogP contribution >= 0.6 is 0 Å². The number of ether oxygens (including phenoxy) is 1. The molecule has 0 saturated carbocycles. The fourth-order valence-electron chi connectivity index (χ4n) is 0.919. The van der Waals surface area contributed by atoms with Gasteiger partial charge in [0.2, 0.25) is 5.90 Å². The van der Waals surface area contributed by atoms with Gasteiger partial charge in [0, 0.05) is 0 Å². The number of oxime groups is 1. The Balaban J connectivity index is 2.64. The smallest absolute Gasteiger partial charge is 0.229 e. The number of nitrogens with zero attached hydrogens (tertiary/aromatic N) is 1.